The van der Waals surface area contributed by atoms with E-state index in [-0.39, 0.29) is 19.1 Å². The van der Waals surface area contributed by atoms with Gasteiger partial charge in [-0.25, -0.2) is 10.4 Å². The molecule has 0 aromatic heterocycles. The lowest BCUT2D eigenvalue weighted by Gasteiger charge is -2.23. The number of nitrogens with one attached hydrogen (secondary N) is 2. The second kappa shape index (κ2) is 13.4. The van der Waals surface area contributed by atoms with E-state index in [1.54, 1.807) is 7.11 Å². The van der Waals surface area contributed by atoms with Gasteiger partial charge in [0.2, 0.25) is 5.90 Å². The molecule has 0 aliphatic carbocycles. The van der Waals surface area contributed by atoms with Crippen LogP contribution in [0, 0.1) is 0 Å². The first-order valence-corrected chi connectivity index (χ1v) is 13.3. The summed E-state index contributed by atoms with van der Waals surface area (Å²) in [6, 6.07) is 23.0. The monoisotopic (exact) mass is 581 g/mol. The number of carbonyl (C=O) groups excluding carboxylic acids is 1. The van der Waals surface area contributed by atoms with E-state index in [9.17, 15) is 4.79 Å². The van der Waals surface area contributed by atoms with E-state index in [0.717, 1.165) is 33.3 Å². The second-order valence-corrected chi connectivity index (χ2v) is 9.89. The highest BCUT2D eigenvalue weighted by Crippen LogP contribution is 2.28. The Kier molecular flexibility index (Phi) is 9.75. The molecule has 4 rings (SSSR count). The first-order chi connectivity index (χ1) is 18.5. The minimum Gasteiger partial charge on any atom is -0.497 e. The average molecular weight is 582 g/mol. The van der Waals surface area contributed by atoms with Gasteiger partial charge < -0.3 is 19.3 Å². The van der Waals surface area contributed by atoms with E-state index in [1.807, 2.05) is 72.8 Å². The first kappa shape index (κ1) is 27.6. The van der Waals surface area contributed by atoms with Crippen LogP contribution < -0.4 is 20.3 Å². The van der Waals surface area contributed by atoms with Gasteiger partial charge in [0.15, 0.2) is 5.54 Å². The average Bonchev–Trinajstić information content (AvgIpc) is 3.38. The van der Waals surface area contributed by atoms with Gasteiger partial charge in [0.05, 0.1) is 13.7 Å². The first-order valence-electron chi connectivity index (χ1n) is 12.5. The van der Waals surface area contributed by atoms with Crippen LogP contribution in [-0.4, -0.2) is 55.9 Å². The standard InChI is InChI=1S/C29H32BrN3O5/c1-36-26-5-2-4-21(18-26)14-15-31-33-28(35)29(19-22-6-10-24(30)11-7-22)20-38-27(32-29)23-8-12-25(13-9-23)37-17-3-16-34/h2,4-13,18,31,34H,3,14-17,19-20H2,1H3,(H,33,35)/t29-/m0/s1. The van der Waals surface area contributed by atoms with Crippen LogP contribution in [0.15, 0.2) is 82.3 Å². The molecule has 1 heterocycles. The zero-order valence-electron chi connectivity index (χ0n) is 21.3. The van der Waals surface area contributed by atoms with Crippen molar-refractivity contribution in [3.8, 4) is 11.5 Å². The molecule has 1 aliphatic heterocycles. The molecule has 0 spiro atoms. The second-order valence-electron chi connectivity index (χ2n) is 8.97. The van der Waals surface area contributed by atoms with Crippen molar-refractivity contribution in [3.05, 3.63) is 94.0 Å². The molecule has 0 radical (unpaired) electrons. The number of aliphatic hydroxyl groups excluding tert-OH is 1. The number of nitrogens with zero attached hydrogens (tertiary/aromatic N) is 1. The molecule has 1 atom stereocenters. The number of benzene rings is 3. The topological polar surface area (TPSA) is 101 Å². The van der Waals surface area contributed by atoms with Gasteiger partial charge in [-0.05, 0) is 66.1 Å². The molecule has 0 saturated heterocycles. The number of hydrogen-bond donors (Lipinski definition) is 3. The third-order valence-corrected chi connectivity index (χ3v) is 6.67. The van der Waals surface area contributed by atoms with E-state index in [4.69, 9.17) is 24.3 Å². The molecule has 0 unspecified atom stereocenters. The van der Waals surface area contributed by atoms with Crippen molar-refractivity contribution >= 4 is 27.7 Å². The van der Waals surface area contributed by atoms with Crippen molar-refractivity contribution < 1.29 is 24.1 Å². The van der Waals surface area contributed by atoms with Crippen molar-refractivity contribution in [3.63, 3.8) is 0 Å². The van der Waals surface area contributed by atoms with Crippen LogP contribution in [0.2, 0.25) is 0 Å². The Labute approximate surface area is 231 Å². The molecule has 3 aromatic rings. The molecule has 1 amide bonds. The summed E-state index contributed by atoms with van der Waals surface area (Å²) in [4.78, 5) is 18.3. The van der Waals surface area contributed by atoms with Gasteiger partial charge in [-0.1, -0.05) is 40.2 Å². The minimum absolute atomic E-state index is 0.0844. The highest BCUT2D eigenvalue weighted by Gasteiger charge is 2.44. The number of aliphatic hydroxyl groups is 1. The van der Waals surface area contributed by atoms with Crippen LogP contribution in [-0.2, 0) is 22.4 Å². The number of ether oxygens (including phenoxy) is 3. The van der Waals surface area contributed by atoms with Crippen LogP contribution in [0.25, 0.3) is 0 Å². The van der Waals surface area contributed by atoms with Crippen LogP contribution in [0.1, 0.15) is 23.1 Å². The Morgan fingerprint density at radius 2 is 1.87 bits per heavy atom. The highest BCUT2D eigenvalue weighted by atomic mass is 79.9. The third-order valence-electron chi connectivity index (χ3n) is 6.14. The molecule has 38 heavy (non-hydrogen) atoms. The summed E-state index contributed by atoms with van der Waals surface area (Å²) in [6.45, 7) is 1.19. The Bertz CT molecular complexity index is 1230. The zero-order valence-corrected chi connectivity index (χ0v) is 22.9. The third kappa shape index (κ3) is 7.34. The summed E-state index contributed by atoms with van der Waals surface area (Å²) in [6.07, 6.45) is 1.67. The number of rotatable bonds is 13. The number of methoxy groups -OCH3 is 1. The number of hydrogen-bond acceptors (Lipinski definition) is 7. The predicted octanol–water partition coefficient (Wildman–Crippen LogP) is 3.84. The molecular weight excluding hydrogens is 550 g/mol. The molecule has 1 aliphatic rings. The summed E-state index contributed by atoms with van der Waals surface area (Å²) < 4.78 is 17.8. The zero-order chi connectivity index (χ0) is 26.8. The Balaban J connectivity index is 1.45. The van der Waals surface area contributed by atoms with Crippen molar-refractivity contribution in [1.82, 2.24) is 10.9 Å². The summed E-state index contributed by atoms with van der Waals surface area (Å²) in [5.41, 5.74) is 7.61. The summed E-state index contributed by atoms with van der Waals surface area (Å²) in [7, 11) is 1.64. The SMILES string of the molecule is COc1cccc(CCNNC(=O)[C@]2(Cc3ccc(Br)cc3)COC(c3ccc(OCCCO)cc3)=N2)c1. The summed E-state index contributed by atoms with van der Waals surface area (Å²) in [5.74, 6) is 1.65. The lowest BCUT2D eigenvalue weighted by molar-refractivity contribution is -0.127. The molecule has 3 aromatic carbocycles. The normalized spacial score (nSPS) is 16.4. The van der Waals surface area contributed by atoms with Crippen LogP contribution in [0.3, 0.4) is 0 Å². The quantitative estimate of drug-likeness (QED) is 0.209. The van der Waals surface area contributed by atoms with Crippen molar-refractivity contribution in [1.29, 1.82) is 0 Å². The maximum atomic E-state index is 13.5. The van der Waals surface area contributed by atoms with Crippen molar-refractivity contribution in [2.45, 2.75) is 24.8 Å². The lowest BCUT2D eigenvalue weighted by Crippen LogP contribution is -2.53. The highest BCUT2D eigenvalue weighted by molar-refractivity contribution is 9.10. The van der Waals surface area contributed by atoms with Crippen molar-refractivity contribution in [2.24, 2.45) is 4.99 Å². The van der Waals surface area contributed by atoms with Crippen molar-refractivity contribution in [2.75, 3.05) is 33.5 Å². The van der Waals surface area contributed by atoms with Gasteiger partial charge in [0, 0.05) is 36.0 Å². The maximum Gasteiger partial charge on any atom is 0.266 e. The maximum absolute atomic E-state index is 13.5. The minimum atomic E-state index is -1.12. The van der Waals surface area contributed by atoms with Gasteiger partial charge in [-0.15, -0.1) is 0 Å². The number of aliphatic imine (C=N–C) groups is 1. The smallest absolute Gasteiger partial charge is 0.266 e. The van der Waals surface area contributed by atoms with E-state index in [2.05, 4.69) is 26.8 Å². The van der Waals surface area contributed by atoms with E-state index in [0.29, 0.717) is 37.6 Å². The predicted molar refractivity (Wildman–Crippen MR) is 150 cm³/mol. The van der Waals surface area contributed by atoms with Gasteiger partial charge in [-0.2, -0.15) is 0 Å². The Morgan fingerprint density at radius 1 is 1.08 bits per heavy atom. The van der Waals surface area contributed by atoms with Gasteiger partial charge in [-0.3, -0.25) is 10.2 Å². The summed E-state index contributed by atoms with van der Waals surface area (Å²) >= 11 is 3.46. The van der Waals surface area contributed by atoms with Crippen LogP contribution in [0.4, 0.5) is 0 Å². The molecule has 0 bridgehead atoms. The Hall–Kier alpha value is -3.40. The van der Waals surface area contributed by atoms with Gasteiger partial charge in [0.25, 0.3) is 5.91 Å². The molecule has 8 nitrogen and oxygen atoms in total. The summed E-state index contributed by atoms with van der Waals surface area (Å²) in [5, 5.41) is 8.93. The van der Waals surface area contributed by atoms with Gasteiger partial charge in [0.1, 0.15) is 18.1 Å². The number of hydrazine groups is 1. The van der Waals surface area contributed by atoms with Crippen LogP contribution in [0.5, 0.6) is 11.5 Å². The number of carbonyl (C=O) groups is 1. The van der Waals surface area contributed by atoms with Gasteiger partial charge >= 0.3 is 0 Å². The molecule has 0 saturated carbocycles. The molecule has 0 fully saturated rings. The number of halogens is 1. The molecule has 200 valence electrons. The fourth-order valence-corrected chi connectivity index (χ4v) is 4.33. The van der Waals surface area contributed by atoms with E-state index >= 15 is 0 Å². The fraction of sp³-hybridized carbons (Fsp3) is 0.310. The fourth-order valence-electron chi connectivity index (χ4n) is 4.06. The van der Waals surface area contributed by atoms with E-state index in [1.165, 1.54) is 0 Å². The molecular formula is C29H32BrN3O5. The molecule has 3 N–H and O–H groups in total. The Morgan fingerprint density at radius 3 is 2.61 bits per heavy atom. The number of amides is 1. The van der Waals surface area contributed by atoms with E-state index < -0.39 is 5.54 Å². The largest absolute Gasteiger partial charge is 0.497 e. The molecule has 9 heteroatoms. The lowest BCUT2D eigenvalue weighted by atomic mass is 9.91. The van der Waals surface area contributed by atoms with Crippen LogP contribution >= 0.6 is 15.9 Å².